The number of hydrogen-bond acceptors (Lipinski definition) is 6. The number of aliphatic hydroxyl groups excluding tert-OH is 1. The number of morpholine rings is 1. The van der Waals surface area contributed by atoms with Crippen LogP contribution in [0.2, 0.25) is 0 Å². The minimum Gasteiger partial charge on any atom is -0.394 e. The molecule has 0 aromatic rings. The average Bonchev–Trinajstić information content (AvgIpc) is 3.03. The van der Waals surface area contributed by atoms with Crippen molar-refractivity contribution in [2.24, 2.45) is 11.8 Å². The van der Waals surface area contributed by atoms with E-state index in [4.69, 9.17) is 14.2 Å². The summed E-state index contributed by atoms with van der Waals surface area (Å²) in [4.78, 5) is 14.7. The van der Waals surface area contributed by atoms with Crippen LogP contribution in [0.15, 0.2) is 0 Å². The highest BCUT2D eigenvalue weighted by Gasteiger charge is 2.58. The Balaban J connectivity index is 1.60. The first-order chi connectivity index (χ1) is 11.2. The molecule has 6 heteroatoms. The smallest absolute Gasteiger partial charge is 0.178 e. The molecule has 4 rings (SSSR count). The third kappa shape index (κ3) is 2.65. The number of ketones is 1. The Hall–Kier alpha value is -0.530. The van der Waals surface area contributed by atoms with Crippen molar-refractivity contribution in [3.8, 4) is 0 Å². The molecule has 2 bridgehead atoms. The van der Waals surface area contributed by atoms with Gasteiger partial charge in [-0.15, -0.1) is 0 Å². The van der Waals surface area contributed by atoms with Crippen molar-refractivity contribution < 1.29 is 24.1 Å². The third-order valence-corrected chi connectivity index (χ3v) is 6.25. The molecule has 1 aliphatic carbocycles. The van der Waals surface area contributed by atoms with Crippen molar-refractivity contribution in [2.75, 3.05) is 39.5 Å². The summed E-state index contributed by atoms with van der Waals surface area (Å²) >= 11 is 0. The van der Waals surface area contributed by atoms with Gasteiger partial charge in [0.1, 0.15) is 5.78 Å². The highest BCUT2D eigenvalue weighted by atomic mass is 16.7. The monoisotopic (exact) mass is 325 g/mol. The zero-order valence-corrected chi connectivity index (χ0v) is 13.6. The quantitative estimate of drug-likeness (QED) is 0.818. The normalized spacial score (nSPS) is 45.3. The third-order valence-electron chi connectivity index (χ3n) is 6.25. The second kappa shape index (κ2) is 6.41. The van der Waals surface area contributed by atoms with E-state index in [1.54, 1.807) is 0 Å². The Morgan fingerprint density at radius 1 is 1.26 bits per heavy atom. The lowest BCUT2D eigenvalue weighted by Gasteiger charge is -2.52. The van der Waals surface area contributed by atoms with E-state index >= 15 is 0 Å². The summed E-state index contributed by atoms with van der Waals surface area (Å²) in [7, 11) is 0. The Morgan fingerprint density at radius 3 is 2.83 bits per heavy atom. The van der Waals surface area contributed by atoms with Gasteiger partial charge in [-0.05, 0) is 25.2 Å². The number of rotatable bonds is 3. The second-order valence-corrected chi connectivity index (χ2v) is 7.39. The molecular weight excluding hydrogens is 298 g/mol. The molecule has 3 aliphatic heterocycles. The number of hydrogen-bond donors (Lipinski definition) is 1. The summed E-state index contributed by atoms with van der Waals surface area (Å²) in [6.45, 7) is 3.45. The van der Waals surface area contributed by atoms with Crippen LogP contribution in [0.3, 0.4) is 0 Å². The lowest BCUT2D eigenvalue weighted by molar-refractivity contribution is -0.224. The van der Waals surface area contributed by atoms with E-state index in [9.17, 15) is 9.90 Å². The molecule has 1 N–H and O–H groups in total. The van der Waals surface area contributed by atoms with Crippen molar-refractivity contribution in [1.29, 1.82) is 0 Å². The van der Waals surface area contributed by atoms with Crippen LogP contribution in [-0.4, -0.2) is 73.2 Å². The molecule has 23 heavy (non-hydrogen) atoms. The predicted octanol–water partition coefficient (Wildman–Crippen LogP) is 0.570. The topological polar surface area (TPSA) is 68.2 Å². The molecular formula is C17H27NO5. The number of fused-ring (bicyclic) bond motifs is 2. The minimum atomic E-state index is -0.529. The van der Waals surface area contributed by atoms with Crippen LogP contribution in [0.25, 0.3) is 0 Å². The predicted molar refractivity (Wildman–Crippen MR) is 81.9 cm³/mol. The number of nitrogens with zero attached hydrogens (tertiary/aromatic N) is 1. The number of carbonyl (C=O) groups is 1. The van der Waals surface area contributed by atoms with Crippen molar-refractivity contribution in [3.05, 3.63) is 0 Å². The Labute approximate surface area is 137 Å². The van der Waals surface area contributed by atoms with E-state index in [-0.39, 0.29) is 30.8 Å². The van der Waals surface area contributed by atoms with Crippen LogP contribution in [0.5, 0.6) is 0 Å². The molecule has 4 aliphatic rings. The fourth-order valence-corrected chi connectivity index (χ4v) is 4.95. The summed E-state index contributed by atoms with van der Waals surface area (Å²) < 4.78 is 17.5. The average molecular weight is 325 g/mol. The minimum absolute atomic E-state index is 0.00178. The molecule has 1 unspecified atom stereocenters. The fraction of sp³-hybridized carbons (Fsp3) is 0.941. The summed E-state index contributed by atoms with van der Waals surface area (Å²) in [5, 5.41) is 10.3. The molecule has 4 fully saturated rings. The number of carbonyl (C=O) groups excluding carboxylic acids is 1. The van der Waals surface area contributed by atoms with Crippen molar-refractivity contribution in [1.82, 2.24) is 4.90 Å². The van der Waals surface area contributed by atoms with Gasteiger partial charge in [-0.2, -0.15) is 0 Å². The van der Waals surface area contributed by atoms with Crippen LogP contribution >= 0.6 is 0 Å². The summed E-state index contributed by atoms with van der Waals surface area (Å²) in [5.74, 6) is 0.615. The van der Waals surface area contributed by atoms with Gasteiger partial charge >= 0.3 is 0 Å². The summed E-state index contributed by atoms with van der Waals surface area (Å²) in [6, 6.07) is 0. The maximum absolute atomic E-state index is 12.5. The van der Waals surface area contributed by atoms with Gasteiger partial charge in [-0.3, -0.25) is 9.69 Å². The number of ether oxygens (including phenoxy) is 3. The van der Waals surface area contributed by atoms with Crippen LogP contribution < -0.4 is 0 Å². The number of Topliss-reactive ketones (excluding diaryl/α,β-unsaturated/α-hetero) is 1. The largest absolute Gasteiger partial charge is 0.394 e. The van der Waals surface area contributed by atoms with Gasteiger partial charge in [0.15, 0.2) is 6.29 Å². The van der Waals surface area contributed by atoms with Gasteiger partial charge in [-0.1, -0.05) is 6.42 Å². The highest BCUT2D eigenvalue weighted by Crippen LogP contribution is 2.47. The zero-order valence-electron chi connectivity index (χ0n) is 13.6. The SMILES string of the molecule is O=C1CCCCC1[C@H]1C[C@@](CO)(N2CCOCC2)[C@@H]2OC[C@@H]1O2. The van der Waals surface area contributed by atoms with Crippen molar-refractivity contribution >= 4 is 5.78 Å². The van der Waals surface area contributed by atoms with Crippen LogP contribution in [0.1, 0.15) is 32.1 Å². The maximum atomic E-state index is 12.5. The second-order valence-electron chi connectivity index (χ2n) is 7.39. The number of aliphatic hydroxyl groups is 1. The summed E-state index contributed by atoms with van der Waals surface area (Å²) in [6.07, 6.45) is 4.20. The Bertz CT molecular complexity index is 452. The molecule has 0 aromatic carbocycles. The van der Waals surface area contributed by atoms with Crippen molar-refractivity contribution in [2.45, 2.75) is 50.0 Å². The molecule has 6 nitrogen and oxygen atoms in total. The Kier molecular flexibility index (Phi) is 4.45. The molecule has 0 spiro atoms. The molecule has 3 saturated heterocycles. The van der Waals surface area contributed by atoms with Gasteiger partial charge in [-0.25, -0.2) is 0 Å². The first-order valence-corrected chi connectivity index (χ1v) is 8.98. The molecule has 1 saturated carbocycles. The molecule has 3 heterocycles. The van der Waals surface area contributed by atoms with Crippen molar-refractivity contribution in [3.63, 3.8) is 0 Å². The first kappa shape index (κ1) is 16.0. The van der Waals surface area contributed by atoms with Crippen LogP contribution in [-0.2, 0) is 19.0 Å². The van der Waals surface area contributed by atoms with Gasteiger partial charge in [0.25, 0.3) is 0 Å². The van der Waals surface area contributed by atoms with Gasteiger partial charge in [0.2, 0.25) is 0 Å². The van der Waals surface area contributed by atoms with E-state index < -0.39 is 5.54 Å². The van der Waals surface area contributed by atoms with Gasteiger partial charge in [0, 0.05) is 25.4 Å². The molecule has 0 aromatic heterocycles. The maximum Gasteiger partial charge on any atom is 0.178 e. The lowest BCUT2D eigenvalue weighted by atomic mass is 9.70. The van der Waals surface area contributed by atoms with E-state index in [1.807, 2.05) is 0 Å². The van der Waals surface area contributed by atoms with E-state index in [0.717, 1.165) is 38.8 Å². The van der Waals surface area contributed by atoms with Crippen LogP contribution in [0.4, 0.5) is 0 Å². The molecule has 130 valence electrons. The van der Waals surface area contributed by atoms with E-state index in [1.165, 1.54) is 0 Å². The molecule has 0 amide bonds. The standard InChI is InChI=1S/C17H27NO5/c19-11-17(18-5-7-21-8-6-18)9-13(15-10-22-16(17)23-15)12-3-1-2-4-14(12)20/h12-13,15-16,19H,1-11H2/t12?,13-,15+,16-,17+/m1/s1. The van der Waals surface area contributed by atoms with Crippen LogP contribution in [0, 0.1) is 11.8 Å². The van der Waals surface area contributed by atoms with Gasteiger partial charge in [0.05, 0.1) is 38.1 Å². The van der Waals surface area contributed by atoms with Gasteiger partial charge < -0.3 is 19.3 Å². The molecule has 5 atom stereocenters. The zero-order chi connectivity index (χ0) is 15.9. The lowest BCUT2D eigenvalue weighted by Crippen LogP contribution is -2.66. The summed E-state index contributed by atoms with van der Waals surface area (Å²) in [5.41, 5.74) is -0.529. The highest BCUT2D eigenvalue weighted by molar-refractivity contribution is 5.82. The fourth-order valence-electron chi connectivity index (χ4n) is 4.95. The Morgan fingerprint density at radius 2 is 2.09 bits per heavy atom. The van der Waals surface area contributed by atoms with E-state index in [2.05, 4.69) is 4.90 Å². The molecule has 0 radical (unpaired) electrons. The van der Waals surface area contributed by atoms with E-state index in [0.29, 0.717) is 32.0 Å². The first-order valence-electron chi connectivity index (χ1n) is 8.98.